The Labute approximate surface area is 238 Å². The molecule has 0 bridgehead atoms. The molecule has 3 aromatic carbocycles. The molecule has 11 N–H and O–H groups in total. The van der Waals surface area contributed by atoms with E-state index >= 15 is 0 Å². The van der Waals surface area contributed by atoms with Crippen molar-refractivity contribution in [3.8, 4) is 11.5 Å². The van der Waals surface area contributed by atoms with Gasteiger partial charge < -0.3 is 38.0 Å². The molecule has 11 heteroatoms. The van der Waals surface area contributed by atoms with Crippen molar-refractivity contribution < 1.29 is 24.6 Å². The predicted molar refractivity (Wildman–Crippen MR) is 155 cm³/mol. The average molecular weight is 561 g/mol. The first-order valence-corrected chi connectivity index (χ1v) is 13.1. The maximum absolute atomic E-state index is 13.9. The van der Waals surface area contributed by atoms with Gasteiger partial charge in [-0.25, -0.2) is 0 Å². The number of rotatable bonds is 14. The average Bonchev–Trinajstić information content (AvgIpc) is 2.96. The summed E-state index contributed by atoms with van der Waals surface area (Å²) < 4.78 is 0. The molecule has 3 rings (SSSR count). The van der Waals surface area contributed by atoms with Crippen LogP contribution in [-0.4, -0.2) is 51.9 Å². The van der Waals surface area contributed by atoms with E-state index in [0.29, 0.717) is 0 Å². The summed E-state index contributed by atoms with van der Waals surface area (Å²) in [6, 6.07) is 21.6. The number of amides is 2. The lowest BCUT2D eigenvalue weighted by molar-refractivity contribution is -0.138. The molecule has 0 aromatic heterocycles. The van der Waals surface area contributed by atoms with Crippen LogP contribution in [0.1, 0.15) is 41.9 Å². The highest BCUT2D eigenvalue weighted by atomic mass is 16.3. The lowest BCUT2D eigenvalue weighted by Gasteiger charge is -2.31. The highest BCUT2D eigenvalue weighted by Gasteiger charge is 2.43. The molecule has 3 aromatic rings. The molecule has 2 atom stereocenters. The van der Waals surface area contributed by atoms with Crippen LogP contribution in [0.25, 0.3) is 0 Å². The number of carbonyl (C=O) groups is 3. The van der Waals surface area contributed by atoms with Gasteiger partial charge in [-0.3, -0.25) is 19.8 Å². The normalized spacial score (nSPS) is 13.1. The van der Waals surface area contributed by atoms with E-state index in [4.69, 9.17) is 22.6 Å². The van der Waals surface area contributed by atoms with Gasteiger partial charge in [0.15, 0.2) is 28.8 Å². The number of hydrogen-bond donors (Lipinski definition) is 8. The van der Waals surface area contributed by atoms with Gasteiger partial charge in [-0.05, 0) is 30.0 Å². The van der Waals surface area contributed by atoms with Crippen molar-refractivity contribution in [1.82, 2.24) is 10.6 Å². The minimum atomic E-state index is -2.06. The Morgan fingerprint density at radius 1 is 0.878 bits per heavy atom. The molecule has 0 saturated heterocycles. The Hall–Kier alpha value is -4.90. The largest absolute Gasteiger partial charge is 0.504 e. The summed E-state index contributed by atoms with van der Waals surface area (Å²) in [6.07, 6.45) is -0.247. The monoisotopic (exact) mass is 560 g/mol. The Morgan fingerprint density at radius 2 is 1.46 bits per heavy atom. The van der Waals surface area contributed by atoms with E-state index < -0.39 is 46.6 Å². The Kier molecular flexibility index (Phi) is 10.4. The van der Waals surface area contributed by atoms with Gasteiger partial charge in [-0.1, -0.05) is 72.8 Å². The third-order valence-electron chi connectivity index (χ3n) is 6.93. The number of phenolic OH excluding ortho intramolecular Hbond substituents is 2. The first-order chi connectivity index (χ1) is 19.5. The third kappa shape index (κ3) is 8.05. The lowest BCUT2D eigenvalue weighted by Crippen LogP contribution is -2.63. The van der Waals surface area contributed by atoms with Crippen LogP contribution >= 0.6 is 0 Å². The minimum Gasteiger partial charge on any atom is -0.504 e. The van der Waals surface area contributed by atoms with Gasteiger partial charge in [0.2, 0.25) is 11.8 Å². The summed E-state index contributed by atoms with van der Waals surface area (Å²) in [4.78, 5) is 39.9. The maximum atomic E-state index is 13.9. The zero-order chi connectivity index (χ0) is 30.0. The van der Waals surface area contributed by atoms with Crippen LogP contribution in [0.3, 0.4) is 0 Å². The van der Waals surface area contributed by atoms with Gasteiger partial charge in [-0.15, -0.1) is 0 Å². The smallest absolute Gasteiger partial charge is 0.248 e. The van der Waals surface area contributed by atoms with E-state index in [-0.39, 0.29) is 43.8 Å². The van der Waals surface area contributed by atoms with Gasteiger partial charge >= 0.3 is 0 Å². The number of guanidine groups is 1. The number of benzene rings is 3. The van der Waals surface area contributed by atoms with Crippen LogP contribution in [0.15, 0.2) is 78.9 Å². The minimum absolute atomic E-state index is 0.104. The van der Waals surface area contributed by atoms with Gasteiger partial charge in [0.05, 0.1) is 0 Å². The predicted octanol–water partition coefficient (Wildman–Crippen LogP) is 1.36. The first kappa shape index (κ1) is 30.6. The Bertz CT molecular complexity index is 1330. The highest BCUT2D eigenvalue weighted by molar-refractivity contribution is 6.11. The summed E-state index contributed by atoms with van der Waals surface area (Å²) >= 11 is 0. The number of aromatic hydroxyl groups is 2. The van der Waals surface area contributed by atoms with Gasteiger partial charge in [0.1, 0.15) is 6.04 Å². The van der Waals surface area contributed by atoms with E-state index in [1.54, 1.807) is 0 Å². The SMILES string of the molecule is N=C(N)NCCC[C@](N)(C(=O)CC(c1ccccc1)c1ccccc1)C(=O)N[C@@H](Cc1cccc(O)c1O)C(N)=O. The molecule has 0 radical (unpaired) electrons. The van der Waals surface area contributed by atoms with Crippen molar-refractivity contribution in [2.45, 2.75) is 43.2 Å². The van der Waals surface area contributed by atoms with E-state index in [9.17, 15) is 24.6 Å². The molecule has 0 saturated carbocycles. The molecule has 11 nitrogen and oxygen atoms in total. The molecular weight excluding hydrogens is 524 g/mol. The van der Waals surface area contributed by atoms with E-state index in [1.807, 2.05) is 60.7 Å². The van der Waals surface area contributed by atoms with Crippen LogP contribution in [0.2, 0.25) is 0 Å². The molecule has 0 unspecified atom stereocenters. The number of primary amides is 1. The van der Waals surface area contributed by atoms with Gasteiger partial charge in [0, 0.05) is 30.9 Å². The van der Waals surface area contributed by atoms with E-state index in [2.05, 4.69) is 10.6 Å². The van der Waals surface area contributed by atoms with E-state index in [1.165, 1.54) is 18.2 Å². The molecule has 0 spiro atoms. The fourth-order valence-corrected chi connectivity index (χ4v) is 4.61. The number of ketones is 1. The molecular formula is C30H36N6O5. The number of carbonyl (C=O) groups excluding carboxylic acids is 3. The quantitative estimate of drug-likeness (QED) is 0.0472. The zero-order valence-electron chi connectivity index (χ0n) is 22.5. The summed E-state index contributed by atoms with van der Waals surface area (Å²) in [6.45, 7) is 0.187. The molecule has 0 aliphatic carbocycles. The van der Waals surface area contributed by atoms with Crippen molar-refractivity contribution in [3.63, 3.8) is 0 Å². The lowest BCUT2D eigenvalue weighted by atomic mass is 9.79. The van der Waals surface area contributed by atoms with Crippen LogP contribution < -0.4 is 27.8 Å². The molecule has 0 aliphatic heterocycles. The fourth-order valence-electron chi connectivity index (χ4n) is 4.61. The van der Waals surface area contributed by atoms with Crippen molar-refractivity contribution in [1.29, 1.82) is 5.41 Å². The number of nitrogens with one attached hydrogen (secondary N) is 3. The van der Waals surface area contributed by atoms with E-state index in [0.717, 1.165) is 11.1 Å². The number of phenols is 2. The van der Waals surface area contributed by atoms with Gasteiger partial charge in [0.25, 0.3) is 0 Å². The molecule has 0 heterocycles. The molecule has 216 valence electrons. The third-order valence-corrected chi connectivity index (χ3v) is 6.93. The topological polar surface area (TPSA) is 218 Å². The fraction of sp³-hybridized carbons (Fsp3) is 0.267. The number of para-hydroxylation sites is 1. The van der Waals surface area contributed by atoms with Crippen molar-refractivity contribution in [2.75, 3.05) is 6.54 Å². The van der Waals surface area contributed by atoms with Crippen molar-refractivity contribution in [2.24, 2.45) is 17.2 Å². The summed E-state index contributed by atoms with van der Waals surface area (Å²) in [7, 11) is 0. The second kappa shape index (κ2) is 13.9. The summed E-state index contributed by atoms with van der Waals surface area (Å²) in [5.41, 5.74) is 17.3. The van der Waals surface area contributed by atoms with Crippen molar-refractivity contribution >= 4 is 23.6 Å². The number of hydrogen-bond acceptors (Lipinski definition) is 7. The Balaban J connectivity index is 1.91. The van der Waals surface area contributed by atoms with Crippen LogP contribution in [-0.2, 0) is 20.8 Å². The van der Waals surface area contributed by atoms with Crippen LogP contribution in [0.4, 0.5) is 0 Å². The summed E-state index contributed by atoms with van der Waals surface area (Å²) in [5, 5.41) is 32.5. The summed E-state index contributed by atoms with van der Waals surface area (Å²) in [5.74, 6) is -3.89. The number of Topliss-reactive ketones (excluding diaryl/α,β-unsaturated/α-hetero) is 1. The Morgan fingerprint density at radius 3 is 2.00 bits per heavy atom. The zero-order valence-corrected chi connectivity index (χ0v) is 22.5. The van der Waals surface area contributed by atoms with Crippen LogP contribution in [0, 0.1) is 5.41 Å². The second-order valence-corrected chi connectivity index (χ2v) is 9.83. The maximum Gasteiger partial charge on any atom is 0.248 e. The number of nitrogens with two attached hydrogens (primary N) is 3. The second-order valence-electron chi connectivity index (χ2n) is 9.83. The van der Waals surface area contributed by atoms with Crippen LogP contribution in [0.5, 0.6) is 11.5 Å². The van der Waals surface area contributed by atoms with Gasteiger partial charge in [-0.2, -0.15) is 0 Å². The molecule has 0 aliphatic rings. The molecule has 0 fully saturated rings. The standard InChI is InChI=1S/C30H36N6O5/c31-27(40)23(17-21-13-7-14-24(37)26(21)39)36-28(41)30(34,15-8-16-35-29(32)33)25(38)18-22(19-9-3-1-4-10-19)20-11-5-2-6-12-20/h1-7,9-14,22-23,37,39H,8,15-18,34H2,(H2,31,40)(H,36,41)(H4,32,33,35)/t23-,30-/m0/s1. The highest BCUT2D eigenvalue weighted by Crippen LogP contribution is 2.31. The molecule has 2 amide bonds. The van der Waals surface area contributed by atoms with Crippen molar-refractivity contribution in [3.05, 3.63) is 95.6 Å². The molecule has 41 heavy (non-hydrogen) atoms. The first-order valence-electron chi connectivity index (χ1n) is 13.1.